The molecule has 1 aromatic carbocycles. The molecule has 2 saturated heterocycles. The van der Waals surface area contributed by atoms with Gasteiger partial charge in [0.15, 0.2) is 0 Å². The van der Waals surface area contributed by atoms with Crippen LogP contribution in [0.15, 0.2) is 24.3 Å². The van der Waals surface area contributed by atoms with Gasteiger partial charge < -0.3 is 14.5 Å². The van der Waals surface area contributed by atoms with E-state index in [9.17, 15) is 9.18 Å². The molecule has 2 heterocycles. The molecule has 22 heavy (non-hydrogen) atoms. The zero-order valence-electron chi connectivity index (χ0n) is 13.1. The SMILES string of the molecule is CN1CCOCC2(CCCN(C(=O)c3cccc(F)c3)C2)C1. The van der Waals surface area contributed by atoms with E-state index in [2.05, 4.69) is 11.9 Å². The Hall–Kier alpha value is -1.46. The molecule has 2 aliphatic rings. The number of amides is 1. The number of ether oxygens (including phenoxy) is 1. The zero-order chi connectivity index (χ0) is 15.6. The number of nitrogens with zero attached hydrogens (tertiary/aromatic N) is 2. The summed E-state index contributed by atoms with van der Waals surface area (Å²) < 4.78 is 19.1. The van der Waals surface area contributed by atoms with Gasteiger partial charge in [0.2, 0.25) is 0 Å². The van der Waals surface area contributed by atoms with Crippen LogP contribution in [-0.2, 0) is 4.74 Å². The summed E-state index contributed by atoms with van der Waals surface area (Å²) in [6.45, 7) is 4.74. The lowest BCUT2D eigenvalue weighted by Gasteiger charge is -2.43. The second kappa shape index (κ2) is 6.34. The second-order valence-corrected chi connectivity index (χ2v) is 6.63. The van der Waals surface area contributed by atoms with Crippen LogP contribution in [0, 0.1) is 11.2 Å². The smallest absolute Gasteiger partial charge is 0.253 e. The Labute approximate surface area is 130 Å². The number of hydrogen-bond acceptors (Lipinski definition) is 3. The predicted octanol–water partition coefficient (Wildman–Crippen LogP) is 2.01. The Kier molecular flexibility index (Phi) is 4.45. The van der Waals surface area contributed by atoms with Gasteiger partial charge >= 0.3 is 0 Å². The number of benzene rings is 1. The molecule has 0 aromatic heterocycles. The summed E-state index contributed by atoms with van der Waals surface area (Å²) in [5.41, 5.74) is 0.437. The molecule has 3 rings (SSSR count). The van der Waals surface area contributed by atoms with Crippen LogP contribution in [0.25, 0.3) is 0 Å². The van der Waals surface area contributed by atoms with Crippen LogP contribution in [0.5, 0.6) is 0 Å². The van der Waals surface area contributed by atoms with Crippen molar-refractivity contribution in [3.63, 3.8) is 0 Å². The van der Waals surface area contributed by atoms with E-state index in [0.717, 1.165) is 39.1 Å². The van der Waals surface area contributed by atoms with Gasteiger partial charge in [0.05, 0.1) is 13.2 Å². The van der Waals surface area contributed by atoms with Gasteiger partial charge in [-0.3, -0.25) is 4.79 Å². The Balaban J connectivity index is 1.76. The first-order valence-electron chi connectivity index (χ1n) is 7.89. The van der Waals surface area contributed by atoms with E-state index in [1.54, 1.807) is 12.1 Å². The third kappa shape index (κ3) is 3.31. The molecular weight excluding hydrogens is 283 g/mol. The van der Waals surface area contributed by atoms with Crippen molar-refractivity contribution in [2.45, 2.75) is 12.8 Å². The summed E-state index contributed by atoms with van der Waals surface area (Å²) >= 11 is 0. The average molecular weight is 306 g/mol. The highest BCUT2D eigenvalue weighted by Crippen LogP contribution is 2.33. The fourth-order valence-electron chi connectivity index (χ4n) is 3.64. The van der Waals surface area contributed by atoms with Crippen molar-refractivity contribution >= 4 is 5.91 Å². The van der Waals surface area contributed by atoms with Gasteiger partial charge in [0.1, 0.15) is 5.82 Å². The molecule has 0 saturated carbocycles. The number of halogens is 1. The largest absolute Gasteiger partial charge is 0.379 e. The van der Waals surface area contributed by atoms with Crippen LogP contribution < -0.4 is 0 Å². The highest BCUT2D eigenvalue weighted by atomic mass is 19.1. The highest BCUT2D eigenvalue weighted by molar-refractivity contribution is 5.94. The predicted molar refractivity (Wildman–Crippen MR) is 82.3 cm³/mol. The molecule has 4 nitrogen and oxygen atoms in total. The number of likely N-dealkylation sites (N-methyl/N-ethyl adjacent to an activating group) is 1. The average Bonchev–Trinajstić information content (AvgIpc) is 2.68. The normalized spacial score (nSPS) is 26.9. The van der Waals surface area contributed by atoms with Crippen molar-refractivity contribution in [1.82, 2.24) is 9.80 Å². The minimum atomic E-state index is -0.366. The van der Waals surface area contributed by atoms with E-state index < -0.39 is 0 Å². The maximum Gasteiger partial charge on any atom is 0.253 e. The quantitative estimate of drug-likeness (QED) is 0.796. The van der Waals surface area contributed by atoms with Crippen molar-refractivity contribution in [3.05, 3.63) is 35.6 Å². The third-order valence-electron chi connectivity index (χ3n) is 4.65. The summed E-state index contributed by atoms with van der Waals surface area (Å²) in [5.74, 6) is -0.444. The van der Waals surface area contributed by atoms with E-state index in [1.807, 2.05) is 4.90 Å². The van der Waals surface area contributed by atoms with Crippen LogP contribution >= 0.6 is 0 Å². The van der Waals surface area contributed by atoms with Crippen LogP contribution in [0.3, 0.4) is 0 Å². The van der Waals surface area contributed by atoms with Gasteiger partial charge in [0.25, 0.3) is 5.91 Å². The van der Waals surface area contributed by atoms with Crippen molar-refractivity contribution in [3.8, 4) is 0 Å². The molecule has 0 N–H and O–H groups in total. The molecule has 0 aliphatic carbocycles. The number of piperidine rings is 1. The zero-order valence-corrected chi connectivity index (χ0v) is 13.1. The lowest BCUT2D eigenvalue weighted by Crippen LogP contribution is -2.51. The molecule has 0 bridgehead atoms. The molecule has 1 atom stereocenters. The summed E-state index contributed by atoms with van der Waals surface area (Å²) in [6.07, 6.45) is 2.04. The van der Waals surface area contributed by atoms with Gasteiger partial charge in [-0.15, -0.1) is 0 Å². The van der Waals surface area contributed by atoms with Crippen molar-refractivity contribution < 1.29 is 13.9 Å². The van der Waals surface area contributed by atoms with E-state index >= 15 is 0 Å². The van der Waals surface area contributed by atoms with E-state index in [-0.39, 0.29) is 17.1 Å². The van der Waals surface area contributed by atoms with Crippen LogP contribution in [0.1, 0.15) is 23.2 Å². The van der Waals surface area contributed by atoms with Gasteiger partial charge in [-0.1, -0.05) is 6.07 Å². The van der Waals surface area contributed by atoms with Gasteiger partial charge in [-0.25, -0.2) is 4.39 Å². The Morgan fingerprint density at radius 1 is 1.32 bits per heavy atom. The molecule has 1 spiro atoms. The number of carbonyl (C=O) groups excluding carboxylic acids is 1. The Bertz CT molecular complexity index is 551. The molecule has 2 aliphatic heterocycles. The van der Waals surface area contributed by atoms with E-state index in [4.69, 9.17) is 4.74 Å². The lowest BCUT2D eigenvalue weighted by atomic mass is 9.80. The maximum absolute atomic E-state index is 13.4. The maximum atomic E-state index is 13.4. The molecule has 1 aromatic rings. The number of rotatable bonds is 1. The van der Waals surface area contributed by atoms with Gasteiger partial charge in [-0.2, -0.15) is 0 Å². The standard InChI is InChI=1S/C17H23FN2O2/c1-19-8-9-22-13-17(11-19)6-3-7-20(12-17)16(21)14-4-2-5-15(18)10-14/h2,4-5,10H,3,6-9,11-13H2,1H3. The van der Waals surface area contributed by atoms with E-state index in [1.165, 1.54) is 12.1 Å². The molecule has 120 valence electrons. The summed E-state index contributed by atoms with van der Waals surface area (Å²) in [6, 6.07) is 5.95. The molecule has 1 unspecified atom stereocenters. The number of carbonyl (C=O) groups is 1. The monoisotopic (exact) mass is 306 g/mol. The third-order valence-corrected chi connectivity index (χ3v) is 4.65. The fraction of sp³-hybridized carbons (Fsp3) is 0.588. The topological polar surface area (TPSA) is 32.8 Å². The molecule has 1 amide bonds. The van der Waals surface area contributed by atoms with Crippen LogP contribution in [0.2, 0.25) is 0 Å². The van der Waals surface area contributed by atoms with Gasteiger partial charge in [0, 0.05) is 37.2 Å². The van der Waals surface area contributed by atoms with E-state index in [0.29, 0.717) is 18.7 Å². The lowest BCUT2D eigenvalue weighted by molar-refractivity contribution is 0.00859. The molecular formula is C17H23FN2O2. The first-order chi connectivity index (χ1) is 10.6. The number of hydrogen-bond donors (Lipinski definition) is 0. The summed E-state index contributed by atoms with van der Waals surface area (Å²) in [7, 11) is 2.10. The Morgan fingerprint density at radius 3 is 3.00 bits per heavy atom. The second-order valence-electron chi connectivity index (χ2n) is 6.63. The highest BCUT2D eigenvalue weighted by Gasteiger charge is 2.39. The minimum absolute atomic E-state index is 0.00643. The summed E-state index contributed by atoms with van der Waals surface area (Å²) in [4.78, 5) is 16.8. The van der Waals surface area contributed by atoms with Crippen LogP contribution in [0.4, 0.5) is 4.39 Å². The minimum Gasteiger partial charge on any atom is -0.379 e. The van der Waals surface area contributed by atoms with Crippen LogP contribution in [-0.4, -0.2) is 62.1 Å². The number of likely N-dealkylation sites (tertiary alicyclic amines) is 1. The van der Waals surface area contributed by atoms with Crippen molar-refractivity contribution in [2.24, 2.45) is 5.41 Å². The molecule has 5 heteroatoms. The molecule has 0 radical (unpaired) electrons. The first-order valence-corrected chi connectivity index (χ1v) is 7.89. The van der Waals surface area contributed by atoms with Gasteiger partial charge in [-0.05, 0) is 38.1 Å². The fourth-order valence-corrected chi connectivity index (χ4v) is 3.64. The Morgan fingerprint density at radius 2 is 2.18 bits per heavy atom. The summed E-state index contributed by atoms with van der Waals surface area (Å²) in [5, 5.41) is 0. The first kappa shape index (κ1) is 15.4. The molecule has 2 fully saturated rings. The van der Waals surface area contributed by atoms with Crippen molar-refractivity contribution in [1.29, 1.82) is 0 Å². The van der Waals surface area contributed by atoms with Crippen molar-refractivity contribution in [2.75, 3.05) is 46.4 Å².